The highest BCUT2D eigenvalue weighted by molar-refractivity contribution is 8.08. The molecule has 0 aromatic carbocycles. The van der Waals surface area contributed by atoms with Crippen molar-refractivity contribution in [2.45, 2.75) is 34.1 Å². The first-order valence-corrected chi connectivity index (χ1v) is 10.1. The Bertz CT molecular complexity index is 321. The van der Waals surface area contributed by atoms with Crippen LogP contribution in [0.4, 0.5) is 0 Å². The molecule has 0 aliphatic heterocycles. The van der Waals surface area contributed by atoms with Gasteiger partial charge in [-0.25, -0.2) is 4.67 Å². The third kappa shape index (κ3) is 8.86. The van der Waals surface area contributed by atoms with Crippen molar-refractivity contribution in [2.24, 2.45) is 0 Å². The molecule has 0 atom stereocenters. The SMILES string of the molecule is CCOCCCNC(=O)CN(CC)P(=S)(OCC)OCC. The number of hydrogen-bond acceptors (Lipinski definition) is 5. The molecular weight excluding hydrogens is 311 g/mol. The van der Waals surface area contributed by atoms with Gasteiger partial charge in [0.1, 0.15) is 0 Å². The molecular formula is C13H29N2O4PS. The summed E-state index contributed by atoms with van der Waals surface area (Å²) in [4.78, 5) is 12.0. The summed E-state index contributed by atoms with van der Waals surface area (Å²) in [6.07, 6.45) is 0.802. The second kappa shape index (κ2) is 12.5. The molecule has 0 radical (unpaired) electrons. The lowest BCUT2D eigenvalue weighted by atomic mass is 10.4. The van der Waals surface area contributed by atoms with Crippen molar-refractivity contribution in [1.29, 1.82) is 0 Å². The van der Waals surface area contributed by atoms with E-state index in [9.17, 15) is 4.79 Å². The molecule has 21 heavy (non-hydrogen) atoms. The second-order valence-corrected chi connectivity index (χ2v) is 7.59. The Labute approximate surface area is 133 Å². The minimum absolute atomic E-state index is 0.0676. The van der Waals surface area contributed by atoms with Crippen LogP contribution in [0.25, 0.3) is 0 Å². The van der Waals surface area contributed by atoms with E-state index in [1.54, 1.807) is 0 Å². The van der Waals surface area contributed by atoms with Gasteiger partial charge in [-0.3, -0.25) is 4.79 Å². The standard InChI is InChI=1S/C13H29N2O4PS/c1-5-15(20(21,18-7-3)19-8-4)12-13(16)14-10-9-11-17-6-2/h5-12H2,1-4H3,(H,14,16). The maximum absolute atomic E-state index is 12.0. The fraction of sp³-hybridized carbons (Fsp3) is 0.923. The summed E-state index contributed by atoms with van der Waals surface area (Å²) in [6, 6.07) is 0. The van der Waals surface area contributed by atoms with Crippen LogP contribution >= 0.6 is 6.64 Å². The van der Waals surface area contributed by atoms with Crippen molar-refractivity contribution in [2.75, 3.05) is 46.1 Å². The van der Waals surface area contributed by atoms with Crippen LogP contribution in [0.3, 0.4) is 0 Å². The van der Waals surface area contributed by atoms with E-state index < -0.39 is 6.64 Å². The molecule has 0 unspecified atom stereocenters. The van der Waals surface area contributed by atoms with Gasteiger partial charge in [0.15, 0.2) is 0 Å². The first-order valence-electron chi connectivity index (χ1n) is 7.52. The van der Waals surface area contributed by atoms with Crippen LogP contribution in [0.1, 0.15) is 34.1 Å². The van der Waals surface area contributed by atoms with E-state index in [-0.39, 0.29) is 12.5 Å². The zero-order valence-electron chi connectivity index (χ0n) is 13.6. The molecule has 0 aliphatic rings. The van der Waals surface area contributed by atoms with Crippen LogP contribution in [-0.4, -0.2) is 56.6 Å². The lowest BCUT2D eigenvalue weighted by molar-refractivity contribution is -0.121. The van der Waals surface area contributed by atoms with Gasteiger partial charge < -0.3 is 19.1 Å². The number of hydrogen-bond donors (Lipinski definition) is 1. The Morgan fingerprint density at radius 1 is 1.14 bits per heavy atom. The number of rotatable bonds is 13. The normalized spacial score (nSPS) is 11.9. The molecule has 1 N–H and O–H groups in total. The summed E-state index contributed by atoms with van der Waals surface area (Å²) in [6.45, 7) is 8.82. The Hall–Kier alpha value is -0.0400. The van der Waals surface area contributed by atoms with Crippen LogP contribution in [0.2, 0.25) is 0 Å². The number of ether oxygens (including phenoxy) is 1. The van der Waals surface area contributed by atoms with Crippen LogP contribution in [0.15, 0.2) is 0 Å². The molecule has 0 saturated heterocycles. The predicted molar refractivity (Wildman–Crippen MR) is 88.9 cm³/mol. The molecule has 1 amide bonds. The zero-order valence-corrected chi connectivity index (χ0v) is 15.3. The van der Waals surface area contributed by atoms with Gasteiger partial charge >= 0.3 is 0 Å². The summed E-state index contributed by atoms with van der Waals surface area (Å²) in [5.74, 6) is -0.0676. The van der Waals surface area contributed by atoms with E-state index in [2.05, 4.69) is 5.32 Å². The number of nitrogens with one attached hydrogen (secondary N) is 1. The van der Waals surface area contributed by atoms with Gasteiger partial charge in [0.2, 0.25) is 5.91 Å². The highest BCUT2D eigenvalue weighted by atomic mass is 32.5. The van der Waals surface area contributed by atoms with E-state index in [0.717, 1.165) is 6.42 Å². The average Bonchev–Trinajstić information content (AvgIpc) is 2.45. The molecule has 0 rings (SSSR count). The number of likely N-dealkylation sites (N-methyl/N-ethyl adjacent to an activating group) is 1. The molecule has 0 spiro atoms. The van der Waals surface area contributed by atoms with Crippen molar-refractivity contribution < 1.29 is 18.6 Å². The topological polar surface area (TPSA) is 60.0 Å². The number of amides is 1. The Morgan fingerprint density at radius 3 is 2.24 bits per heavy atom. The molecule has 0 aromatic heterocycles. The zero-order chi connectivity index (χ0) is 16.1. The van der Waals surface area contributed by atoms with E-state index in [0.29, 0.717) is 39.5 Å². The Balaban J connectivity index is 4.32. The van der Waals surface area contributed by atoms with Gasteiger partial charge in [-0.05, 0) is 39.0 Å². The van der Waals surface area contributed by atoms with E-state index >= 15 is 0 Å². The molecule has 0 aromatic rings. The lowest BCUT2D eigenvalue weighted by Gasteiger charge is -2.31. The Kier molecular flexibility index (Phi) is 12.5. The van der Waals surface area contributed by atoms with Crippen molar-refractivity contribution in [3.05, 3.63) is 0 Å². The van der Waals surface area contributed by atoms with Crippen LogP contribution in [0.5, 0.6) is 0 Å². The molecule has 0 bridgehead atoms. The molecule has 0 fully saturated rings. The third-order valence-corrected chi connectivity index (χ3v) is 6.23. The van der Waals surface area contributed by atoms with Gasteiger partial charge in [-0.1, -0.05) is 6.92 Å². The largest absolute Gasteiger partial charge is 0.382 e. The van der Waals surface area contributed by atoms with Gasteiger partial charge in [-0.2, -0.15) is 0 Å². The van der Waals surface area contributed by atoms with Gasteiger partial charge in [0.05, 0.1) is 19.8 Å². The quantitative estimate of drug-likeness (QED) is 0.409. The predicted octanol–water partition coefficient (Wildman–Crippen LogP) is 2.15. The van der Waals surface area contributed by atoms with Crippen LogP contribution < -0.4 is 5.32 Å². The second-order valence-electron chi connectivity index (χ2n) is 4.19. The molecule has 0 aliphatic carbocycles. The van der Waals surface area contributed by atoms with Gasteiger partial charge in [-0.15, -0.1) is 0 Å². The molecule has 8 heteroatoms. The Morgan fingerprint density at radius 2 is 1.76 bits per heavy atom. The fourth-order valence-electron chi connectivity index (χ4n) is 1.67. The van der Waals surface area contributed by atoms with Crippen molar-refractivity contribution in [3.8, 4) is 0 Å². The molecule has 126 valence electrons. The summed E-state index contributed by atoms with van der Waals surface area (Å²) < 4.78 is 18.3. The number of carbonyl (C=O) groups is 1. The maximum Gasteiger partial charge on any atom is 0.264 e. The summed E-state index contributed by atoms with van der Waals surface area (Å²) in [5, 5.41) is 2.86. The minimum atomic E-state index is -2.55. The van der Waals surface area contributed by atoms with Crippen molar-refractivity contribution in [3.63, 3.8) is 0 Å². The summed E-state index contributed by atoms with van der Waals surface area (Å²) in [7, 11) is 0. The van der Waals surface area contributed by atoms with Gasteiger partial charge in [0, 0.05) is 26.3 Å². The van der Waals surface area contributed by atoms with Crippen LogP contribution in [-0.2, 0) is 30.4 Å². The van der Waals surface area contributed by atoms with E-state index in [1.165, 1.54) is 0 Å². The van der Waals surface area contributed by atoms with Crippen LogP contribution in [0, 0.1) is 0 Å². The van der Waals surface area contributed by atoms with Gasteiger partial charge in [0.25, 0.3) is 6.64 Å². The summed E-state index contributed by atoms with van der Waals surface area (Å²) in [5.41, 5.74) is 0. The molecule has 0 saturated carbocycles. The van der Waals surface area contributed by atoms with Crippen molar-refractivity contribution in [1.82, 2.24) is 9.99 Å². The fourth-order valence-corrected chi connectivity index (χ4v) is 4.52. The number of nitrogens with zero attached hydrogens (tertiary/aromatic N) is 1. The molecule has 0 heterocycles. The maximum atomic E-state index is 12.0. The summed E-state index contributed by atoms with van der Waals surface area (Å²) >= 11 is 5.50. The first-order chi connectivity index (χ1) is 10.0. The minimum Gasteiger partial charge on any atom is -0.382 e. The molecule has 6 nitrogen and oxygen atoms in total. The lowest BCUT2D eigenvalue weighted by Crippen LogP contribution is -2.37. The monoisotopic (exact) mass is 340 g/mol. The third-order valence-electron chi connectivity index (χ3n) is 2.61. The van der Waals surface area contributed by atoms with E-state index in [4.69, 9.17) is 25.6 Å². The highest BCUT2D eigenvalue weighted by Gasteiger charge is 2.28. The first kappa shape index (κ1) is 21.0. The smallest absolute Gasteiger partial charge is 0.264 e. The average molecular weight is 340 g/mol. The highest BCUT2D eigenvalue weighted by Crippen LogP contribution is 2.51. The number of carbonyl (C=O) groups excluding carboxylic acids is 1. The van der Waals surface area contributed by atoms with E-state index in [1.807, 2.05) is 32.4 Å². The van der Waals surface area contributed by atoms with Crippen molar-refractivity contribution >= 4 is 24.4 Å².